The largest absolute Gasteiger partial charge is 0.459 e. The fourth-order valence-electron chi connectivity index (χ4n) is 4.81. The Hall–Kier alpha value is -4.94. The molecule has 0 spiro atoms. The summed E-state index contributed by atoms with van der Waals surface area (Å²) >= 11 is 17.8. The third kappa shape index (κ3) is 9.39. The summed E-state index contributed by atoms with van der Waals surface area (Å²) in [5, 5.41) is 8.26. The van der Waals surface area contributed by atoms with Gasteiger partial charge in [0.2, 0.25) is 18.3 Å². The van der Waals surface area contributed by atoms with E-state index in [0.29, 0.717) is 0 Å². The van der Waals surface area contributed by atoms with E-state index in [-0.39, 0.29) is 22.3 Å². The zero-order chi connectivity index (χ0) is 35.7. The molecule has 258 valence electrons. The second-order valence-electron chi connectivity index (χ2n) is 10.7. The van der Waals surface area contributed by atoms with Crippen LogP contribution in [0, 0.1) is 5.41 Å². The van der Waals surface area contributed by atoms with E-state index in [4.69, 9.17) is 68.6 Å². The summed E-state index contributed by atoms with van der Waals surface area (Å²) in [6.07, 6.45) is -8.34. The van der Waals surface area contributed by atoms with Crippen LogP contribution in [0.15, 0.2) is 121 Å². The summed E-state index contributed by atoms with van der Waals surface area (Å²) in [7, 11) is 0. The molecule has 0 aromatic heterocycles. The molecule has 0 bridgehead atoms. The number of benzene rings is 4. The van der Waals surface area contributed by atoms with Gasteiger partial charge >= 0.3 is 23.9 Å². The molecule has 0 aliphatic carbocycles. The minimum atomic E-state index is -2.40. The van der Waals surface area contributed by atoms with Gasteiger partial charge in [0.25, 0.3) is 3.79 Å². The topological polar surface area (TPSA) is 148 Å². The van der Waals surface area contributed by atoms with E-state index >= 15 is 0 Å². The molecule has 4 aromatic rings. The van der Waals surface area contributed by atoms with E-state index in [2.05, 4.69) is 0 Å². The molecule has 11 nitrogen and oxygen atoms in total. The van der Waals surface area contributed by atoms with Gasteiger partial charge in [-0.1, -0.05) is 108 Å². The summed E-state index contributed by atoms with van der Waals surface area (Å²) in [5.41, 5.74) is 0.509. The minimum absolute atomic E-state index is 0.0904. The summed E-state index contributed by atoms with van der Waals surface area (Å²) in [6, 6.07) is 31.5. The molecule has 5 rings (SSSR count). The van der Waals surface area contributed by atoms with Crippen molar-refractivity contribution in [1.82, 2.24) is 0 Å². The lowest BCUT2D eigenvalue weighted by molar-refractivity contribution is -0.279. The van der Waals surface area contributed by atoms with Crippen LogP contribution in [0.4, 0.5) is 0 Å². The molecule has 1 heterocycles. The number of carbonyl (C=O) groups excluding carboxylic acids is 4. The lowest BCUT2D eigenvalue weighted by atomic mass is 9.97. The fourth-order valence-corrected chi connectivity index (χ4v) is 4.94. The number of halogens is 3. The van der Waals surface area contributed by atoms with Crippen LogP contribution in [0.2, 0.25) is 0 Å². The van der Waals surface area contributed by atoms with Crippen molar-refractivity contribution in [3.05, 3.63) is 144 Å². The van der Waals surface area contributed by atoms with Gasteiger partial charge in [-0.3, -0.25) is 5.41 Å². The van der Waals surface area contributed by atoms with Crippen molar-refractivity contribution in [3.8, 4) is 0 Å². The Balaban J connectivity index is 1.58. The van der Waals surface area contributed by atoms with Crippen LogP contribution in [-0.2, 0) is 28.4 Å². The lowest BCUT2D eigenvalue weighted by Gasteiger charge is -2.44. The van der Waals surface area contributed by atoms with Crippen molar-refractivity contribution in [3.63, 3.8) is 0 Å². The molecule has 14 heteroatoms. The highest BCUT2D eigenvalue weighted by molar-refractivity contribution is 6.76. The van der Waals surface area contributed by atoms with Gasteiger partial charge in [-0.2, -0.15) is 0 Å². The zero-order valence-corrected chi connectivity index (χ0v) is 28.1. The fraction of sp³-hybridized carbons (Fsp3) is 0.194. The van der Waals surface area contributed by atoms with Gasteiger partial charge in [0.05, 0.1) is 22.3 Å². The molecule has 1 aliphatic rings. The number of esters is 4. The first-order valence-electron chi connectivity index (χ1n) is 15.0. The van der Waals surface area contributed by atoms with Crippen LogP contribution < -0.4 is 0 Å². The normalized spacial score (nSPS) is 20.1. The molecule has 1 fully saturated rings. The Morgan fingerprint density at radius 1 is 0.540 bits per heavy atom. The van der Waals surface area contributed by atoms with E-state index < -0.39 is 70.9 Å². The molecule has 0 radical (unpaired) electrons. The monoisotopic (exact) mass is 739 g/mol. The van der Waals surface area contributed by atoms with Crippen LogP contribution in [0.3, 0.4) is 0 Å². The number of ether oxygens (including phenoxy) is 6. The second kappa shape index (κ2) is 16.6. The van der Waals surface area contributed by atoms with Gasteiger partial charge in [0, 0.05) is 0 Å². The summed E-state index contributed by atoms with van der Waals surface area (Å²) in [5.74, 6) is -4.41. The van der Waals surface area contributed by atoms with Crippen molar-refractivity contribution >= 4 is 64.6 Å². The number of hydrogen-bond acceptors (Lipinski definition) is 11. The average molecular weight is 741 g/mol. The highest BCUT2D eigenvalue weighted by atomic mass is 35.6. The lowest BCUT2D eigenvalue weighted by Crippen LogP contribution is -2.63. The predicted molar refractivity (Wildman–Crippen MR) is 181 cm³/mol. The first kappa shape index (κ1) is 36.3. The molecule has 1 saturated heterocycles. The van der Waals surface area contributed by atoms with Gasteiger partial charge in [0.15, 0.2) is 12.2 Å². The summed E-state index contributed by atoms with van der Waals surface area (Å²) in [4.78, 5) is 53.5. The van der Waals surface area contributed by atoms with E-state index in [1.807, 2.05) is 0 Å². The maximum Gasteiger partial charge on any atom is 0.338 e. The zero-order valence-electron chi connectivity index (χ0n) is 25.9. The molecule has 50 heavy (non-hydrogen) atoms. The standard InChI is InChI=1S/C36H28Cl3NO10/c37-36(38,39)35(40)50-34-29(49-33(44)25-19-11-4-12-20-25)28(48-32(43)24-17-9-3-10-18-24)27(47-31(42)23-15-7-2-8-16-23)26(46-34)21-45-30(41)22-13-5-1-6-14-22/h1-20,26-29,34,40H,21H2/t26?,27-,28?,29-,34-/m0/s1. The van der Waals surface area contributed by atoms with Crippen molar-refractivity contribution < 1.29 is 47.6 Å². The first-order chi connectivity index (χ1) is 24.0. The number of hydrogen-bond donors (Lipinski definition) is 1. The quantitative estimate of drug-likeness (QED) is 0.0620. The highest BCUT2D eigenvalue weighted by Gasteiger charge is 2.55. The Morgan fingerprint density at radius 3 is 1.30 bits per heavy atom. The van der Waals surface area contributed by atoms with Gasteiger partial charge in [-0.05, 0) is 48.5 Å². The summed E-state index contributed by atoms with van der Waals surface area (Å²) < 4.78 is 32.5. The molecule has 1 N–H and O–H groups in total. The molecule has 4 aromatic carbocycles. The third-order valence-corrected chi connectivity index (χ3v) is 7.74. The second-order valence-corrected chi connectivity index (χ2v) is 12.9. The Morgan fingerprint density at radius 2 is 0.900 bits per heavy atom. The van der Waals surface area contributed by atoms with E-state index in [1.54, 1.807) is 72.8 Å². The van der Waals surface area contributed by atoms with Gasteiger partial charge in [0.1, 0.15) is 12.7 Å². The number of carbonyl (C=O) groups is 4. The summed E-state index contributed by atoms with van der Waals surface area (Å²) in [6.45, 7) is -0.597. The molecular formula is C36H28Cl3NO10. The third-order valence-electron chi connectivity index (χ3n) is 7.23. The molecule has 0 amide bonds. The molecule has 0 saturated carbocycles. The van der Waals surface area contributed by atoms with E-state index in [0.717, 1.165) is 0 Å². The molecular weight excluding hydrogens is 713 g/mol. The van der Waals surface area contributed by atoms with Crippen LogP contribution in [0.1, 0.15) is 41.4 Å². The Labute approximate surface area is 301 Å². The maximum atomic E-state index is 13.6. The van der Waals surface area contributed by atoms with Gasteiger partial charge < -0.3 is 28.4 Å². The Bertz CT molecular complexity index is 1790. The smallest absolute Gasteiger partial charge is 0.338 e. The molecule has 2 unspecified atom stereocenters. The molecule has 1 aliphatic heterocycles. The first-order valence-corrected chi connectivity index (χ1v) is 16.1. The number of alkyl halides is 3. The van der Waals surface area contributed by atoms with Gasteiger partial charge in [-0.25, -0.2) is 19.2 Å². The highest BCUT2D eigenvalue weighted by Crippen LogP contribution is 2.35. The van der Waals surface area contributed by atoms with Crippen molar-refractivity contribution in [1.29, 1.82) is 5.41 Å². The van der Waals surface area contributed by atoms with Crippen molar-refractivity contribution in [2.24, 2.45) is 0 Å². The maximum absolute atomic E-state index is 13.6. The number of nitrogens with one attached hydrogen (secondary N) is 1. The minimum Gasteiger partial charge on any atom is -0.459 e. The van der Waals surface area contributed by atoms with E-state index in [9.17, 15) is 19.2 Å². The van der Waals surface area contributed by atoms with Crippen LogP contribution >= 0.6 is 34.8 Å². The predicted octanol–water partition coefficient (Wildman–Crippen LogP) is 6.61. The SMILES string of the molecule is N=C(O[C@@H]1OC(COC(=O)c2ccccc2)[C@H](OC(=O)c2ccccc2)C(OC(=O)c2ccccc2)[C@@H]1OC(=O)c1ccccc1)C(Cl)(Cl)Cl. The van der Waals surface area contributed by atoms with Crippen molar-refractivity contribution in [2.75, 3.05) is 6.61 Å². The van der Waals surface area contributed by atoms with Crippen LogP contribution in [-0.4, -0.2) is 70.9 Å². The van der Waals surface area contributed by atoms with Crippen LogP contribution in [0.25, 0.3) is 0 Å². The van der Waals surface area contributed by atoms with Crippen LogP contribution in [0.5, 0.6) is 0 Å². The number of rotatable bonds is 10. The van der Waals surface area contributed by atoms with Gasteiger partial charge in [-0.15, -0.1) is 0 Å². The molecule has 5 atom stereocenters. The average Bonchev–Trinajstić information content (AvgIpc) is 3.13. The van der Waals surface area contributed by atoms with E-state index in [1.165, 1.54) is 48.5 Å². The van der Waals surface area contributed by atoms with Crippen molar-refractivity contribution in [2.45, 2.75) is 34.5 Å². The Kier molecular flexibility index (Phi) is 12.1.